The second kappa shape index (κ2) is 11.7. The quantitative estimate of drug-likeness (QED) is 0.369. The van der Waals surface area contributed by atoms with E-state index in [4.69, 9.17) is 34.8 Å². The highest BCUT2D eigenvalue weighted by Gasteiger charge is 2.26. The lowest BCUT2D eigenvalue weighted by atomic mass is 10.2. The van der Waals surface area contributed by atoms with Crippen molar-refractivity contribution in [2.75, 3.05) is 36.4 Å². The van der Waals surface area contributed by atoms with Crippen LogP contribution < -0.4 is 10.2 Å². The van der Waals surface area contributed by atoms with Gasteiger partial charge in [-0.2, -0.15) is 0 Å². The van der Waals surface area contributed by atoms with Crippen LogP contribution in [0.4, 0.5) is 16.2 Å². The molecule has 0 spiro atoms. The number of para-hydroxylation sites is 1. The summed E-state index contributed by atoms with van der Waals surface area (Å²) in [5.41, 5.74) is 1.93. The Morgan fingerprint density at radius 1 is 1.03 bits per heavy atom. The number of carbonyl (C=O) groups is 2. The van der Waals surface area contributed by atoms with Gasteiger partial charge in [0, 0.05) is 43.3 Å². The highest BCUT2D eigenvalue weighted by Crippen LogP contribution is 2.27. The minimum Gasteiger partial charge on any atom is -0.367 e. The average molecular weight is 567 g/mol. The van der Waals surface area contributed by atoms with E-state index in [0.717, 1.165) is 5.69 Å². The number of nitrogens with zero attached hydrogens (tertiary/aromatic N) is 4. The van der Waals surface area contributed by atoms with Crippen molar-refractivity contribution in [1.29, 1.82) is 0 Å². The molecule has 4 rings (SSSR count). The molecule has 0 atom stereocenters. The van der Waals surface area contributed by atoms with Crippen LogP contribution in [0.2, 0.25) is 15.1 Å². The van der Waals surface area contributed by atoms with Crippen molar-refractivity contribution < 1.29 is 9.59 Å². The zero-order valence-electron chi connectivity index (χ0n) is 19.9. The fourth-order valence-electron chi connectivity index (χ4n) is 3.91. The van der Waals surface area contributed by atoms with Gasteiger partial charge in [-0.3, -0.25) is 4.79 Å². The molecule has 1 aliphatic heterocycles. The molecular formula is C25H26Cl3N5O2S. The number of rotatable bonds is 6. The molecular weight excluding hydrogens is 541 g/mol. The van der Waals surface area contributed by atoms with Crippen LogP contribution in [-0.4, -0.2) is 58.9 Å². The van der Waals surface area contributed by atoms with Crippen molar-refractivity contribution in [1.82, 2.24) is 14.8 Å². The Morgan fingerprint density at radius 2 is 1.75 bits per heavy atom. The number of urea groups is 1. The maximum atomic E-state index is 13.1. The van der Waals surface area contributed by atoms with Crippen LogP contribution in [-0.2, 0) is 6.54 Å². The van der Waals surface area contributed by atoms with Crippen molar-refractivity contribution in [3.63, 3.8) is 0 Å². The Hall–Kier alpha value is -2.52. The number of thiazole rings is 1. The van der Waals surface area contributed by atoms with Crippen LogP contribution >= 0.6 is 46.1 Å². The van der Waals surface area contributed by atoms with Gasteiger partial charge in [0.25, 0.3) is 5.91 Å². The van der Waals surface area contributed by atoms with Crippen molar-refractivity contribution in [3.05, 3.63) is 73.6 Å². The predicted octanol–water partition coefficient (Wildman–Crippen LogP) is 6.51. The van der Waals surface area contributed by atoms with Crippen LogP contribution in [0.1, 0.15) is 29.3 Å². The maximum absolute atomic E-state index is 13.1. The Labute approximate surface area is 229 Å². The van der Waals surface area contributed by atoms with Crippen molar-refractivity contribution in [3.8, 4) is 0 Å². The SMILES string of the molecule is CC(C)N(Cc1nc(C(=O)N2CCN(c3ccccc3Cl)CC2)cs1)C(=O)Nc1ccc(Cl)c(Cl)c1. The van der Waals surface area contributed by atoms with Gasteiger partial charge in [0.1, 0.15) is 10.7 Å². The van der Waals surface area contributed by atoms with Gasteiger partial charge < -0.3 is 20.0 Å². The Bertz CT molecular complexity index is 1240. The summed E-state index contributed by atoms with van der Waals surface area (Å²) in [7, 11) is 0. The molecule has 7 nitrogen and oxygen atoms in total. The first-order valence-corrected chi connectivity index (χ1v) is 13.5. The van der Waals surface area contributed by atoms with Gasteiger partial charge >= 0.3 is 6.03 Å². The van der Waals surface area contributed by atoms with E-state index < -0.39 is 0 Å². The number of amides is 3. The fraction of sp³-hybridized carbons (Fsp3) is 0.320. The molecule has 36 heavy (non-hydrogen) atoms. The van der Waals surface area contributed by atoms with Crippen LogP contribution in [0.3, 0.4) is 0 Å². The molecule has 0 radical (unpaired) electrons. The van der Waals surface area contributed by atoms with Gasteiger partial charge in [-0.1, -0.05) is 46.9 Å². The number of piperazine rings is 1. The topological polar surface area (TPSA) is 68.8 Å². The van der Waals surface area contributed by atoms with Gasteiger partial charge in [0.05, 0.1) is 27.3 Å². The largest absolute Gasteiger partial charge is 0.367 e. The molecule has 0 saturated carbocycles. The number of halogens is 3. The monoisotopic (exact) mass is 565 g/mol. The number of hydrogen-bond acceptors (Lipinski definition) is 5. The molecule has 0 unspecified atom stereocenters. The first-order valence-electron chi connectivity index (χ1n) is 11.5. The maximum Gasteiger partial charge on any atom is 0.322 e. The van der Waals surface area contributed by atoms with E-state index in [1.165, 1.54) is 11.3 Å². The third kappa shape index (κ3) is 6.24. The molecule has 190 valence electrons. The first kappa shape index (κ1) is 26.5. The zero-order chi connectivity index (χ0) is 25.8. The third-order valence-corrected chi connectivity index (χ3v) is 7.78. The minimum atomic E-state index is -0.290. The van der Waals surface area contributed by atoms with E-state index in [-0.39, 0.29) is 24.5 Å². The number of benzene rings is 2. The van der Waals surface area contributed by atoms with Crippen molar-refractivity contribution in [2.45, 2.75) is 26.4 Å². The molecule has 2 aromatic carbocycles. The summed E-state index contributed by atoms with van der Waals surface area (Å²) in [6.07, 6.45) is 0. The molecule has 3 amide bonds. The third-order valence-electron chi connectivity index (χ3n) is 5.89. The smallest absolute Gasteiger partial charge is 0.322 e. The summed E-state index contributed by atoms with van der Waals surface area (Å²) < 4.78 is 0. The molecule has 11 heteroatoms. The molecule has 1 aromatic heterocycles. The second-order valence-electron chi connectivity index (χ2n) is 8.64. The number of anilines is 2. The first-order chi connectivity index (χ1) is 17.2. The minimum absolute atomic E-state index is 0.0892. The summed E-state index contributed by atoms with van der Waals surface area (Å²) in [5.74, 6) is -0.104. The molecule has 2 heterocycles. The van der Waals surface area contributed by atoms with Crippen molar-refractivity contribution >= 4 is 69.5 Å². The number of carbonyl (C=O) groups excluding carboxylic acids is 2. The van der Waals surface area contributed by atoms with E-state index in [9.17, 15) is 9.59 Å². The Balaban J connectivity index is 1.37. The van der Waals surface area contributed by atoms with E-state index >= 15 is 0 Å². The molecule has 3 aromatic rings. The van der Waals surface area contributed by atoms with E-state index in [0.29, 0.717) is 57.6 Å². The summed E-state index contributed by atoms with van der Waals surface area (Å²) in [5, 5.41) is 6.78. The predicted molar refractivity (Wildman–Crippen MR) is 148 cm³/mol. The average Bonchev–Trinajstić information content (AvgIpc) is 3.33. The van der Waals surface area contributed by atoms with E-state index in [2.05, 4.69) is 15.2 Å². The number of aromatic nitrogens is 1. The lowest BCUT2D eigenvalue weighted by molar-refractivity contribution is 0.0741. The number of hydrogen-bond donors (Lipinski definition) is 1. The molecule has 1 aliphatic rings. The number of nitrogens with one attached hydrogen (secondary N) is 1. The normalized spacial score (nSPS) is 13.7. The Morgan fingerprint density at radius 3 is 2.42 bits per heavy atom. The van der Waals surface area contributed by atoms with Gasteiger partial charge in [0.2, 0.25) is 0 Å². The fourth-order valence-corrected chi connectivity index (χ4v) is 5.23. The summed E-state index contributed by atoms with van der Waals surface area (Å²) in [6, 6.07) is 12.3. The lowest BCUT2D eigenvalue weighted by Gasteiger charge is -2.36. The van der Waals surface area contributed by atoms with Crippen LogP contribution in [0.25, 0.3) is 0 Å². The summed E-state index contributed by atoms with van der Waals surface area (Å²) in [4.78, 5) is 36.2. The highest BCUT2D eigenvalue weighted by atomic mass is 35.5. The van der Waals surface area contributed by atoms with Crippen LogP contribution in [0.15, 0.2) is 47.8 Å². The summed E-state index contributed by atoms with van der Waals surface area (Å²) in [6.45, 7) is 6.69. The van der Waals surface area contributed by atoms with Gasteiger partial charge in [-0.25, -0.2) is 9.78 Å². The molecule has 0 aliphatic carbocycles. The molecule has 1 fully saturated rings. The van der Waals surface area contributed by atoms with E-state index in [1.807, 2.05) is 43.0 Å². The standard InChI is InChI=1S/C25H26Cl3N5O2S/c1-16(2)33(25(35)29-17-7-8-18(26)20(28)13-17)14-23-30-21(15-36-23)24(34)32-11-9-31(10-12-32)22-6-4-3-5-19(22)27/h3-8,13,15-16H,9-12,14H2,1-2H3,(H,29,35). The zero-order valence-corrected chi connectivity index (χ0v) is 23.0. The molecule has 0 bridgehead atoms. The van der Waals surface area contributed by atoms with Gasteiger partial charge in [-0.15, -0.1) is 11.3 Å². The highest BCUT2D eigenvalue weighted by molar-refractivity contribution is 7.09. The van der Waals surface area contributed by atoms with Crippen LogP contribution in [0, 0.1) is 0 Å². The molecule has 1 saturated heterocycles. The second-order valence-corrected chi connectivity index (χ2v) is 10.8. The Kier molecular flexibility index (Phi) is 8.62. The van der Waals surface area contributed by atoms with Gasteiger partial charge in [-0.05, 0) is 44.2 Å². The van der Waals surface area contributed by atoms with Gasteiger partial charge in [0.15, 0.2) is 0 Å². The van der Waals surface area contributed by atoms with E-state index in [1.54, 1.807) is 28.5 Å². The van der Waals surface area contributed by atoms with Crippen molar-refractivity contribution in [2.24, 2.45) is 0 Å². The lowest BCUT2D eigenvalue weighted by Crippen LogP contribution is -2.49. The summed E-state index contributed by atoms with van der Waals surface area (Å²) >= 11 is 19.7. The van der Waals surface area contributed by atoms with Crippen LogP contribution in [0.5, 0.6) is 0 Å². The molecule has 1 N–H and O–H groups in total.